The van der Waals surface area contributed by atoms with Crippen LogP contribution in [0.25, 0.3) is 38.9 Å². The number of rotatable bonds is 4. The van der Waals surface area contributed by atoms with Crippen LogP contribution in [0, 0.1) is 0 Å². The van der Waals surface area contributed by atoms with Crippen molar-refractivity contribution in [2.24, 2.45) is 0 Å². The lowest BCUT2D eigenvalue weighted by molar-refractivity contribution is 0.552. The Kier molecular flexibility index (Phi) is 5.72. The average Bonchev–Trinajstić information content (AvgIpc) is 3.76. The van der Waals surface area contributed by atoms with E-state index in [0.29, 0.717) is 5.89 Å². The second kappa shape index (κ2) is 9.88. The van der Waals surface area contributed by atoms with Crippen molar-refractivity contribution in [3.05, 3.63) is 186 Å². The lowest BCUT2D eigenvalue weighted by atomic mass is 9.55. The van der Waals surface area contributed by atoms with Crippen LogP contribution in [0.1, 0.15) is 47.4 Å². The van der Waals surface area contributed by atoms with Crippen molar-refractivity contribution in [1.29, 1.82) is 0 Å². The average molecular weight is 594 g/mol. The zero-order valence-electron chi connectivity index (χ0n) is 25.7. The van der Waals surface area contributed by atoms with E-state index in [4.69, 9.17) is 9.40 Å². The highest BCUT2D eigenvalue weighted by Gasteiger charge is 2.49. The molecule has 0 fully saturated rings. The molecule has 0 bridgehead atoms. The highest BCUT2D eigenvalue weighted by atomic mass is 16.3. The van der Waals surface area contributed by atoms with Crippen LogP contribution in [-0.4, -0.2) is 14.5 Å². The third-order valence-corrected chi connectivity index (χ3v) is 9.95. The topological polar surface area (TPSA) is 43.9 Å². The Hall–Kier alpha value is -5.74. The molecule has 0 N–H and O–H groups in total. The van der Waals surface area contributed by atoms with E-state index in [2.05, 4.69) is 151 Å². The van der Waals surface area contributed by atoms with Crippen LogP contribution in [0.3, 0.4) is 0 Å². The molecule has 3 aromatic heterocycles. The number of nitrogens with zero attached hydrogens (tertiary/aromatic N) is 3. The van der Waals surface area contributed by atoms with Crippen molar-refractivity contribution < 1.29 is 4.42 Å². The van der Waals surface area contributed by atoms with Gasteiger partial charge in [-0.1, -0.05) is 105 Å². The minimum Gasteiger partial charge on any atom is -0.445 e. The van der Waals surface area contributed by atoms with Gasteiger partial charge < -0.3 is 8.98 Å². The molecule has 1 aliphatic carbocycles. The van der Waals surface area contributed by atoms with Crippen molar-refractivity contribution in [2.75, 3.05) is 0 Å². The van der Waals surface area contributed by atoms with Crippen LogP contribution in [0.2, 0.25) is 0 Å². The molecule has 8 aromatic rings. The normalized spacial score (nSPS) is 14.7. The van der Waals surface area contributed by atoms with Crippen molar-refractivity contribution in [1.82, 2.24) is 14.5 Å². The van der Waals surface area contributed by atoms with Crippen molar-refractivity contribution >= 4 is 21.8 Å². The van der Waals surface area contributed by atoms with Gasteiger partial charge in [0, 0.05) is 33.6 Å². The molecule has 0 spiro atoms. The summed E-state index contributed by atoms with van der Waals surface area (Å²) in [5.41, 5.74) is 10.8. The van der Waals surface area contributed by atoms with E-state index in [9.17, 15) is 0 Å². The van der Waals surface area contributed by atoms with Gasteiger partial charge in [-0.15, -0.1) is 0 Å². The van der Waals surface area contributed by atoms with Crippen LogP contribution < -0.4 is 0 Å². The summed E-state index contributed by atoms with van der Waals surface area (Å²) in [5.74, 6) is 0.611. The molecule has 0 saturated carbocycles. The second-order valence-electron chi connectivity index (χ2n) is 12.7. The molecule has 4 nitrogen and oxygen atoms in total. The fraction of sp³-hybridized carbons (Fsp3) is 0.0952. The predicted molar refractivity (Wildman–Crippen MR) is 185 cm³/mol. The summed E-state index contributed by atoms with van der Waals surface area (Å²) >= 11 is 0. The molecule has 5 aromatic carbocycles. The summed E-state index contributed by atoms with van der Waals surface area (Å²) in [4.78, 5) is 9.54. The number of para-hydroxylation sites is 1. The van der Waals surface area contributed by atoms with Crippen molar-refractivity contribution in [3.8, 4) is 17.1 Å². The van der Waals surface area contributed by atoms with Gasteiger partial charge in [-0.3, -0.25) is 4.98 Å². The Morgan fingerprint density at radius 2 is 1.26 bits per heavy atom. The Labute approximate surface area is 267 Å². The van der Waals surface area contributed by atoms with Crippen LogP contribution in [0.4, 0.5) is 0 Å². The molecule has 0 atom stereocenters. The van der Waals surface area contributed by atoms with E-state index in [1.165, 1.54) is 38.6 Å². The molecule has 0 unspecified atom stereocenters. The smallest absolute Gasteiger partial charge is 0.225 e. The van der Waals surface area contributed by atoms with E-state index in [-0.39, 0.29) is 5.41 Å². The van der Waals surface area contributed by atoms with E-state index >= 15 is 0 Å². The van der Waals surface area contributed by atoms with Gasteiger partial charge in [0.1, 0.15) is 6.26 Å². The summed E-state index contributed by atoms with van der Waals surface area (Å²) in [6.45, 7) is 4.68. The van der Waals surface area contributed by atoms with Gasteiger partial charge >= 0.3 is 0 Å². The number of fused-ring (bicyclic) bond motifs is 5. The third kappa shape index (κ3) is 3.61. The Bertz CT molecular complexity index is 2350. The number of hydrogen-bond donors (Lipinski definition) is 0. The summed E-state index contributed by atoms with van der Waals surface area (Å²) < 4.78 is 8.08. The fourth-order valence-corrected chi connectivity index (χ4v) is 7.95. The zero-order valence-corrected chi connectivity index (χ0v) is 25.7. The monoisotopic (exact) mass is 593 g/mol. The number of benzene rings is 5. The van der Waals surface area contributed by atoms with Gasteiger partial charge in [0.05, 0.1) is 28.3 Å². The third-order valence-electron chi connectivity index (χ3n) is 9.95. The molecular weight excluding hydrogens is 562 g/mol. The van der Waals surface area contributed by atoms with E-state index in [1.54, 1.807) is 12.5 Å². The van der Waals surface area contributed by atoms with Gasteiger partial charge in [0.25, 0.3) is 0 Å². The highest BCUT2D eigenvalue weighted by molar-refractivity contribution is 6.10. The summed E-state index contributed by atoms with van der Waals surface area (Å²) in [6, 6.07) is 48.3. The first-order chi connectivity index (χ1) is 22.6. The fourth-order valence-electron chi connectivity index (χ4n) is 7.95. The largest absolute Gasteiger partial charge is 0.445 e. The Balaban J connectivity index is 1.38. The quantitative estimate of drug-likeness (QED) is 0.204. The van der Waals surface area contributed by atoms with Crippen molar-refractivity contribution in [2.45, 2.75) is 24.7 Å². The standard InChI is InChI=1S/C42H31N3O/c1-41(2)33-15-4-6-17-35(33)42(39-20-9-10-23-43-39,36-18-7-5-16-34(36)41)29-12-11-13-30(27-29)45-37-19-8-3-14-31(37)32-22-21-28(26-38(32)45)40-44-24-25-46-40/h3-27H,1-2H3. The van der Waals surface area contributed by atoms with E-state index in [0.717, 1.165) is 28.0 Å². The van der Waals surface area contributed by atoms with Crippen molar-refractivity contribution in [3.63, 3.8) is 0 Å². The maximum Gasteiger partial charge on any atom is 0.225 e. The molecular formula is C42H31N3O. The first-order valence-electron chi connectivity index (χ1n) is 15.7. The zero-order chi connectivity index (χ0) is 30.9. The molecule has 46 heavy (non-hydrogen) atoms. The van der Waals surface area contributed by atoms with Gasteiger partial charge in [-0.05, 0) is 70.3 Å². The van der Waals surface area contributed by atoms with Crippen LogP contribution in [-0.2, 0) is 10.8 Å². The minimum absolute atomic E-state index is 0.174. The molecule has 1 aliphatic rings. The lowest BCUT2D eigenvalue weighted by Gasteiger charge is -2.47. The van der Waals surface area contributed by atoms with Gasteiger partial charge in [0.15, 0.2) is 0 Å². The summed E-state index contributed by atoms with van der Waals surface area (Å²) in [7, 11) is 0. The van der Waals surface area contributed by atoms with E-state index in [1.807, 2.05) is 12.3 Å². The highest BCUT2D eigenvalue weighted by Crippen LogP contribution is 2.55. The lowest BCUT2D eigenvalue weighted by Crippen LogP contribution is -2.42. The summed E-state index contributed by atoms with van der Waals surface area (Å²) in [5, 5.41) is 2.39. The molecule has 220 valence electrons. The molecule has 3 heterocycles. The molecule has 4 heteroatoms. The second-order valence-corrected chi connectivity index (χ2v) is 12.7. The number of aromatic nitrogens is 3. The summed E-state index contributed by atoms with van der Waals surface area (Å²) in [6.07, 6.45) is 5.23. The van der Waals surface area contributed by atoms with Crippen LogP contribution >= 0.6 is 0 Å². The number of hydrogen-bond acceptors (Lipinski definition) is 3. The number of oxazole rings is 1. The molecule has 0 saturated heterocycles. The molecule has 0 aliphatic heterocycles. The Morgan fingerprint density at radius 3 is 1.98 bits per heavy atom. The first kappa shape index (κ1) is 26.6. The maximum absolute atomic E-state index is 5.70. The first-order valence-corrected chi connectivity index (χ1v) is 15.7. The minimum atomic E-state index is -0.623. The Morgan fingerprint density at radius 1 is 0.565 bits per heavy atom. The van der Waals surface area contributed by atoms with Crippen LogP contribution in [0.15, 0.2) is 157 Å². The number of pyridine rings is 1. The van der Waals surface area contributed by atoms with Gasteiger partial charge in [0.2, 0.25) is 5.89 Å². The molecule has 0 radical (unpaired) electrons. The van der Waals surface area contributed by atoms with E-state index < -0.39 is 5.41 Å². The predicted octanol–water partition coefficient (Wildman–Crippen LogP) is 9.86. The molecule has 9 rings (SSSR count). The molecule has 0 amide bonds. The SMILES string of the molecule is CC1(C)c2ccccc2C(c2cccc(-n3c4ccccc4c4ccc(-c5ncco5)cc43)c2)(c2ccccn2)c2ccccc21. The van der Waals surface area contributed by atoms with Crippen LogP contribution in [0.5, 0.6) is 0 Å². The van der Waals surface area contributed by atoms with Gasteiger partial charge in [-0.2, -0.15) is 0 Å². The maximum atomic E-state index is 5.70. The van der Waals surface area contributed by atoms with Gasteiger partial charge in [-0.25, -0.2) is 4.98 Å².